The van der Waals surface area contributed by atoms with Gasteiger partial charge in [-0.3, -0.25) is 19.3 Å². The van der Waals surface area contributed by atoms with Crippen molar-refractivity contribution >= 4 is 11.7 Å². The molecule has 3 aliphatic rings. The van der Waals surface area contributed by atoms with E-state index in [2.05, 4.69) is 14.9 Å². The fourth-order valence-corrected chi connectivity index (χ4v) is 5.09. The highest BCUT2D eigenvalue weighted by Gasteiger charge is 2.38. The molecule has 0 saturated carbocycles. The van der Waals surface area contributed by atoms with Gasteiger partial charge in [0.2, 0.25) is 5.91 Å². The second-order valence-electron chi connectivity index (χ2n) is 8.99. The number of carbonyl (C=O) groups is 2. The molecular formula is C24H27FN4O4. The number of nitrogens with one attached hydrogen (secondary N) is 1. The number of carbonyl (C=O) groups excluding carboxylic acids is 2. The summed E-state index contributed by atoms with van der Waals surface area (Å²) >= 11 is 0. The molecule has 3 aliphatic heterocycles. The van der Waals surface area contributed by atoms with Crippen LogP contribution in [0.2, 0.25) is 0 Å². The van der Waals surface area contributed by atoms with Crippen LogP contribution in [0.4, 0.5) is 4.39 Å². The van der Waals surface area contributed by atoms with Crippen molar-refractivity contribution in [2.45, 2.75) is 44.9 Å². The van der Waals surface area contributed by atoms with Gasteiger partial charge in [-0.25, -0.2) is 9.37 Å². The Labute approximate surface area is 190 Å². The molecule has 33 heavy (non-hydrogen) atoms. The predicted octanol–water partition coefficient (Wildman–Crippen LogP) is 1.68. The third-order valence-corrected chi connectivity index (χ3v) is 6.96. The van der Waals surface area contributed by atoms with Crippen molar-refractivity contribution in [1.82, 2.24) is 19.8 Å². The molecule has 2 saturated heterocycles. The summed E-state index contributed by atoms with van der Waals surface area (Å²) in [6, 6.07) is 5.49. The molecule has 2 aromatic rings. The number of hydrogen-bond acceptors (Lipinski definition) is 6. The molecule has 9 heteroatoms. The minimum Gasteiger partial charge on any atom is -0.376 e. The monoisotopic (exact) mass is 454 g/mol. The van der Waals surface area contributed by atoms with E-state index in [1.807, 2.05) is 0 Å². The first-order valence-electron chi connectivity index (χ1n) is 11.5. The quantitative estimate of drug-likeness (QED) is 0.691. The van der Waals surface area contributed by atoms with Gasteiger partial charge in [-0.2, -0.15) is 0 Å². The van der Waals surface area contributed by atoms with Crippen LogP contribution in [0.1, 0.15) is 46.7 Å². The molecule has 1 atom stereocenters. The third kappa shape index (κ3) is 4.47. The van der Waals surface area contributed by atoms with Gasteiger partial charge in [0, 0.05) is 24.4 Å². The molecule has 0 aliphatic carbocycles. The van der Waals surface area contributed by atoms with E-state index in [9.17, 15) is 18.8 Å². The Bertz CT molecular complexity index is 1110. The topological polar surface area (TPSA) is 95.6 Å². The van der Waals surface area contributed by atoms with Crippen LogP contribution < -0.4 is 5.56 Å². The Kier molecular flexibility index (Phi) is 6.07. The van der Waals surface area contributed by atoms with E-state index in [1.165, 1.54) is 24.3 Å². The highest BCUT2D eigenvalue weighted by molar-refractivity contribution is 5.97. The Morgan fingerprint density at radius 2 is 1.88 bits per heavy atom. The van der Waals surface area contributed by atoms with E-state index >= 15 is 0 Å². The second-order valence-corrected chi connectivity index (χ2v) is 8.99. The number of ether oxygens (including phenoxy) is 1. The van der Waals surface area contributed by atoms with E-state index in [1.54, 1.807) is 4.90 Å². The number of H-pyrrole nitrogens is 1. The maximum absolute atomic E-state index is 13.1. The van der Waals surface area contributed by atoms with Crippen LogP contribution >= 0.6 is 0 Å². The maximum Gasteiger partial charge on any atom is 0.256 e. The van der Waals surface area contributed by atoms with Crippen molar-refractivity contribution < 1.29 is 18.7 Å². The molecule has 8 nitrogen and oxygen atoms in total. The highest BCUT2D eigenvalue weighted by atomic mass is 19.1. The van der Waals surface area contributed by atoms with E-state index in [0.717, 1.165) is 12.1 Å². The number of aromatic amines is 1. The van der Waals surface area contributed by atoms with E-state index in [4.69, 9.17) is 4.74 Å². The van der Waals surface area contributed by atoms with Crippen LogP contribution in [0.5, 0.6) is 0 Å². The Hall–Kier alpha value is -2.91. The number of piperidine rings is 1. The lowest BCUT2D eigenvalue weighted by Crippen LogP contribution is -2.46. The molecular weight excluding hydrogens is 427 g/mol. The number of Topliss-reactive ketones (excluding diaryl/α,β-unsaturated/α-hetero) is 1. The molecule has 1 aromatic carbocycles. The van der Waals surface area contributed by atoms with Crippen LogP contribution in [0.3, 0.4) is 0 Å². The first-order chi connectivity index (χ1) is 16.0. The first-order valence-corrected chi connectivity index (χ1v) is 11.5. The van der Waals surface area contributed by atoms with Gasteiger partial charge in [0.15, 0.2) is 5.78 Å². The minimum atomic E-state index is -0.352. The number of fused-ring (bicyclic) bond motifs is 1. The summed E-state index contributed by atoms with van der Waals surface area (Å²) in [5.74, 6) is 0.143. The number of nitrogens with zero attached hydrogens (tertiary/aromatic N) is 3. The first kappa shape index (κ1) is 21.9. The van der Waals surface area contributed by atoms with Crippen molar-refractivity contribution in [2.24, 2.45) is 5.92 Å². The van der Waals surface area contributed by atoms with Crippen molar-refractivity contribution in [3.63, 3.8) is 0 Å². The Morgan fingerprint density at radius 1 is 1.12 bits per heavy atom. The van der Waals surface area contributed by atoms with Crippen molar-refractivity contribution in [1.29, 1.82) is 0 Å². The van der Waals surface area contributed by atoms with E-state index in [0.29, 0.717) is 62.5 Å². The normalized spacial score (nSPS) is 21.9. The number of hydrogen-bond donors (Lipinski definition) is 1. The average molecular weight is 455 g/mol. The molecule has 5 rings (SSSR count). The summed E-state index contributed by atoms with van der Waals surface area (Å²) in [7, 11) is 0. The Balaban J connectivity index is 1.18. The lowest BCUT2D eigenvalue weighted by Gasteiger charge is -2.34. The van der Waals surface area contributed by atoms with Crippen molar-refractivity contribution in [3.05, 3.63) is 63.1 Å². The van der Waals surface area contributed by atoms with Crippen molar-refractivity contribution in [2.75, 3.05) is 26.2 Å². The number of benzene rings is 1. The number of halogens is 1. The van der Waals surface area contributed by atoms with Gasteiger partial charge in [-0.1, -0.05) is 0 Å². The molecule has 174 valence electrons. The van der Waals surface area contributed by atoms with Gasteiger partial charge < -0.3 is 14.6 Å². The van der Waals surface area contributed by atoms with Crippen LogP contribution in [0, 0.1) is 11.7 Å². The van der Waals surface area contributed by atoms with Gasteiger partial charge >= 0.3 is 0 Å². The minimum absolute atomic E-state index is 0.0434. The largest absolute Gasteiger partial charge is 0.376 e. The molecule has 2 fully saturated rings. The van der Waals surface area contributed by atoms with Gasteiger partial charge in [0.05, 0.1) is 37.1 Å². The fraction of sp³-hybridized carbons (Fsp3) is 0.500. The molecule has 1 N–H and O–H groups in total. The SMILES string of the molecule is O=C(c1ccc(F)cc1)C1CCN(C2CCN(Cc3nc4c(c(=O)[nH]3)COCC4)C2=O)CC1. The molecule has 0 bridgehead atoms. The summed E-state index contributed by atoms with van der Waals surface area (Å²) in [6.45, 7) is 3.08. The number of amides is 1. The van der Waals surface area contributed by atoms with E-state index in [-0.39, 0.29) is 48.2 Å². The maximum atomic E-state index is 13.1. The number of rotatable bonds is 5. The lowest BCUT2D eigenvalue weighted by molar-refractivity contribution is -0.133. The van der Waals surface area contributed by atoms with Gasteiger partial charge in [0.25, 0.3) is 5.56 Å². The zero-order chi connectivity index (χ0) is 22.9. The molecule has 1 amide bonds. The predicted molar refractivity (Wildman–Crippen MR) is 117 cm³/mol. The summed E-state index contributed by atoms with van der Waals surface area (Å²) < 4.78 is 18.5. The summed E-state index contributed by atoms with van der Waals surface area (Å²) in [4.78, 5) is 49.4. The third-order valence-electron chi connectivity index (χ3n) is 6.96. The molecule has 1 aromatic heterocycles. The highest BCUT2D eigenvalue weighted by Crippen LogP contribution is 2.27. The zero-order valence-electron chi connectivity index (χ0n) is 18.4. The zero-order valence-corrected chi connectivity index (χ0v) is 18.4. The van der Waals surface area contributed by atoms with Crippen molar-refractivity contribution in [3.8, 4) is 0 Å². The second kappa shape index (κ2) is 9.15. The number of aromatic nitrogens is 2. The van der Waals surface area contributed by atoms with E-state index < -0.39 is 0 Å². The van der Waals surface area contributed by atoms with Gasteiger partial charge in [0.1, 0.15) is 11.6 Å². The lowest BCUT2D eigenvalue weighted by atomic mass is 9.88. The summed E-state index contributed by atoms with van der Waals surface area (Å²) in [5.41, 5.74) is 1.69. The fourth-order valence-electron chi connectivity index (χ4n) is 5.09. The number of ketones is 1. The molecule has 0 spiro atoms. The van der Waals surface area contributed by atoms with Gasteiger partial charge in [-0.15, -0.1) is 0 Å². The summed E-state index contributed by atoms with van der Waals surface area (Å²) in [6.07, 6.45) is 2.69. The molecule has 4 heterocycles. The molecule has 0 radical (unpaired) electrons. The van der Waals surface area contributed by atoms with Crippen LogP contribution in [0.25, 0.3) is 0 Å². The molecule has 1 unspecified atom stereocenters. The Morgan fingerprint density at radius 3 is 2.64 bits per heavy atom. The smallest absolute Gasteiger partial charge is 0.256 e. The van der Waals surface area contributed by atoms with Crippen LogP contribution in [0.15, 0.2) is 29.1 Å². The average Bonchev–Trinajstić information content (AvgIpc) is 3.19. The van der Waals surface area contributed by atoms with Crippen LogP contribution in [-0.2, 0) is 29.1 Å². The van der Waals surface area contributed by atoms with Crippen LogP contribution in [-0.4, -0.2) is 63.7 Å². The van der Waals surface area contributed by atoms with Gasteiger partial charge in [-0.05, 0) is 56.6 Å². The standard InChI is InChI=1S/C24H27FN4O4/c25-17-3-1-15(2-4-17)22(30)16-5-9-28(10-6-16)20-7-11-29(24(20)32)13-21-26-19-8-12-33-14-18(19)23(31)27-21/h1-4,16,20H,5-14H2,(H,26,27,31). The summed E-state index contributed by atoms with van der Waals surface area (Å²) in [5, 5.41) is 0. The number of likely N-dealkylation sites (tertiary alicyclic amines) is 2.